The van der Waals surface area contributed by atoms with Gasteiger partial charge >= 0.3 is 6.09 Å². The molecule has 5 heteroatoms. The first-order valence-electron chi connectivity index (χ1n) is 7.85. The minimum Gasteiger partial charge on any atom is -0.445 e. The van der Waals surface area contributed by atoms with E-state index in [0.717, 1.165) is 28.6 Å². The highest BCUT2D eigenvalue weighted by Gasteiger charge is 2.00. The fraction of sp³-hybridized carbons (Fsp3) is 0.158. The maximum atomic E-state index is 11.6. The third-order valence-electron chi connectivity index (χ3n) is 3.52. The van der Waals surface area contributed by atoms with E-state index in [1.54, 1.807) is 0 Å². The summed E-state index contributed by atoms with van der Waals surface area (Å²) in [6, 6.07) is 13.7. The molecule has 0 aliphatic rings. The van der Waals surface area contributed by atoms with Crippen molar-refractivity contribution in [3.05, 3.63) is 72.1 Å². The number of hydrogen-bond donors (Lipinski definition) is 2. The molecule has 0 saturated carbocycles. The molecule has 2 heterocycles. The second kappa shape index (κ2) is 7.97. The first-order chi connectivity index (χ1) is 11.8. The van der Waals surface area contributed by atoms with Gasteiger partial charge in [0.25, 0.3) is 0 Å². The van der Waals surface area contributed by atoms with Crippen LogP contribution in [0.5, 0.6) is 0 Å². The maximum absolute atomic E-state index is 11.6. The molecule has 3 rings (SSSR count). The minimum atomic E-state index is -0.400. The van der Waals surface area contributed by atoms with Gasteiger partial charge in [0, 0.05) is 24.3 Å². The quantitative estimate of drug-likeness (QED) is 0.677. The second-order valence-electron chi connectivity index (χ2n) is 5.36. The summed E-state index contributed by atoms with van der Waals surface area (Å²) in [6.45, 7) is 0.814. The highest BCUT2D eigenvalue weighted by molar-refractivity contribution is 5.77. The molecule has 5 nitrogen and oxygen atoms in total. The summed E-state index contributed by atoms with van der Waals surface area (Å²) in [5, 5.41) is 3.81. The number of H-pyrrole nitrogens is 1. The molecule has 0 fully saturated rings. The van der Waals surface area contributed by atoms with Crippen molar-refractivity contribution in [2.75, 3.05) is 6.54 Å². The lowest BCUT2D eigenvalue weighted by Gasteiger charge is -2.05. The fourth-order valence-electron chi connectivity index (χ4n) is 2.30. The van der Waals surface area contributed by atoms with Gasteiger partial charge in [-0.25, -0.2) is 9.78 Å². The summed E-state index contributed by atoms with van der Waals surface area (Å²) in [6.07, 6.45) is 8.02. The summed E-state index contributed by atoms with van der Waals surface area (Å²) in [5.41, 5.74) is 2.89. The topological polar surface area (TPSA) is 67.0 Å². The number of hydrogen-bond acceptors (Lipinski definition) is 3. The Kier molecular flexibility index (Phi) is 5.24. The smallest absolute Gasteiger partial charge is 0.407 e. The van der Waals surface area contributed by atoms with E-state index in [1.807, 2.05) is 60.9 Å². The van der Waals surface area contributed by atoms with Crippen molar-refractivity contribution in [2.45, 2.75) is 13.0 Å². The number of fused-ring (bicyclic) bond motifs is 1. The summed E-state index contributed by atoms with van der Waals surface area (Å²) >= 11 is 0. The normalized spacial score (nSPS) is 11.0. The Labute approximate surface area is 140 Å². The van der Waals surface area contributed by atoms with Crippen molar-refractivity contribution >= 4 is 23.2 Å². The van der Waals surface area contributed by atoms with E-state index < -0.39 is 6.09 Å². The van der Waals surface area contributed by atoms with Crippen LogP contribution in [-0.2, 0) is 11.3 Å². The van der Waals surface area contributed by atoms with Gasteiger partial charge < -0.3 is 15.0 Å². The third kappa shape index (κ3) is 4.46. The predicted molar refractivity (Wildman–Crippen MR) is 94.4 cm³/mol. The standard InChI is InChI=1S/C19H19N3O2/c23-19(24-14-15-6-2-1-3-7-15)21-10-5-4-8-16-12-17-9-11-20-18(17)22-13-16/h1-4,6-9,11-13H,5,10,14H2,(H,20,22)(H,21,23). The molecule has 0 atom stereocenters. The van der Waals surface area contributed by atoms with E-state index in [1.165, 1.54) is 0 Å². The van der Waals surface area contributed by atoms with Crippen LogP contribution < -0.4 is 5.32 Å². The van der Waals surface area contributed by atoms with Gasteiger partial charge in [-0.1, -0.05) is 42.5 Å². The van der Waals surface area contributed by atoms with E-state index in [-0.39, 0.29) is 6.61 Å². The van der Waals surface area contributed by atoms with Crippen molar-refractivity contribution in [1.82, 2.24) is 15.3 Å². The number of nitrogens with zero attached hydrogens (tertiary/aromatic N) is 1. The Bertz CT molecular complexity index is 825. The van der Waals surface area contributed by atoms with Crippen LogP contribution in [0.15, 0.2) is 60.9 Å². The van der Waals surface area contributed by atoms with Crippen LogP contribution in [0, 0.1) is 0 Å². The van der Waals surface area contributed by atoms with Crippen LogP contribution in [0.25, 0.3) is 17.1 Å². The van der Waals surface area contributed by atoms with Gasteiger partial charge in [-0.15, -0.1) is 0 Å². The Morgan fingerprint density at radius 1 is 1.25 bits per heavy atom. The Morgan fingerprint density at radius 3 is 3.00 bits per heavy atom. The number of rotatable bonds is 6. The molecule has 0 unspecified atom stereocenters. The number of nitrogens with one attached hydrogen (secondary N) is 2. The predicted octanol–water partition coefficient (Wildman–Crippen LogP) is 3.89. The van der Waals surface area contributed by atoms with Crippen LogP contribution in [0.2, 0.25) is 0 Å². The molecular weight excluding hydrogens is 302 g/mol. The molecule has 0 aliphatic heterocycles. The lowest BCUT2D eigenvalue weighted by Crippen LogP contribution is -2.24. The van der Waals surface area contributed by atoms with Gasteiger partial charge in [0.1, 0.15) is 12.3 Å². The second-order valence-corrected chi connectivity index (χ2v) is 5.36. The lowest BCUT2D eigenvalue weighted by atomic mass is 10.2. The number of benzene rings is 1. The lowest BCUT2D eigenvalue weighted by molar-refractivity contribution is 0.140. The number of carbonyl (C=O) groups excluding carboxylic acids is 1. The van der Waals surface area contributed by atoms with E-state index >= 15 is 0 Å². The molecule has 1 amide bonds. The number of carbonyl (C=O) groups is 1. The molecule has 2 N–H and O–H groups in total. The largest absolute Gasteiger partial charge is 0.445 e. The monoisotopic (exact) mass is 321 g/mol. The average molecular weight is 321 g/mol. The zero-order valence-corrected chi connectivity index (χ0v) is 13.2. The number of ether oxygens (including phenoxy) is 1. The zero-order chi connectivity index (χ0) is 16.6. The summed E-state index contributed by atoms with van der Waals surface area (Å²) in [4.78, 5) is 19.0. The van der Waals surface area contributed by atoms with Crippen LogP contribution in [0.4, 0.5) is 4.79 Å². The number of aromatic amines is 1. The van der Waals surface area contributed by atoms with E-state index in [9.17, 15) is 4.79 Å². The Balaban J connectivity index is 1.37. The molecular formula is C19H19N3O2. The summed E-state index contributed by atoms with van der Waals surface area (Å²) in [5.74, 6) is 0. The average Bonchev–Trinajstić information content (AvgIpc) is 3.08. The third-order valence-corrected chi connectivity index (χ3v) is 3.52. The minimum absolute atomic E-state index is 0.283. The van der Waals surface area contributed by atoms with Gasteiger partial charge in [0.05, 0.1) is 0 Å². The molecule has 24 heavy (non-hydrogen) atoms. The highest BCUT2D eigenvalue weighted by atomic mass is 16.5. The Morgan fingerprint density at radius 2 is 2.12 bits per heavy atom. The van der Waals surface area contributed by atoms with E-state index in [0.29, 0.717) is 6.54 Å². The maximum Gasteiger partial charge on any atom is 0.407 e. The highest BCUT2D eigenvalue weighted by Crippen LogP contribution is 2.12. The molecule has 1 aromatic carbocycles. The van der Waals surface area contributed by atoms with E-state index in [2.05, 4.69) is 21.4 Å². The first-order valence-corrected chi connectivity index (χ1v) is 7.85. The van der Waals surface area contributed by atoms with Crippen molar-refractivity contribution < 1.29 is 9.53 Å². The molecule has 0 radical (unpaired) electrons. The first kappa shape index (κ1) is 15.8. The molecule has 0 bridgehead atoms. The SMILES string of the molecule is O=C(NCCC=Cc1cnc2[nH]ccc2c1)OCc1ccccc1. The molecule has 0 aliphatic carbocycles. The Hall–Kier alpha value is -3.08. The molecule has 3 aromatic rings. The van der Waals surface area contributed by atoms with Crippen LogP contribution in [-0.4, -0.2) is 22.6 Å². The molecule has 0 saturated heterocycles. The van der Waals surface area contributed by atoms with Crippen LogP contribution in [0.3, 0.4) is 0 Å². The number of amides is 1. The van der Waals surface area contributed by atoms with Gasteiger partial charge in [-0.05, 0) is 29.7 Å². The zero-order valence-electron chi connectivity index (χ0n) is 13.2. The van der Waals surface area contributed by atoms with Gasteiger partial charge in [-0.2, -0.15) is 0 Å². The van der Waals surface area contributed by atoms with Gasteiger partial charge in [-0.3, -0.25) is 0 Å². The van der Waals surface area contributed by atoms with Crippen molar-refractivity contribution in [2.24, 2.45) is 0 Å². The molecule has 0 spiro atoms. The summed E-state index contributed by atoms with van der Waals surface area (Å²) < 4.78 is 5.14. The van der Waals surface area contributed by atoms with Crippen molar-refractivity contribution in [1.29, 1.82) is 0 Å². The van der Waals surface area contributed by atoms with Crippen LogP contribution >= 0.6 is 0 Å². The van der Waals surface area contributed by atoms with Gasteiger partial charge in [0.15, 0.2) is 0 Å². The number of pyridine rings is 1. The van der Waals surface area contributed by atoms with Crippen LogP contribution in [0.1, 0.15) is 17.5 Å². The van der Waals surface area contributed by atoms with E-state index in [4.69, 9.17) is 4.74 Å². The number of aromatic nitrogens is 2. The van der Waals surface area contributed by atoms with Crippen molar-refractivity contribution in [3.63, 3.8) is 0 Å². The number of alkyl carbamates (subject to hydrolysis) is 1. The summed E-state index contributed by atoms with van der Waals surface area (Å²) in [7, 11) is 0. The van der Waals surface area contributed by atoms with Gasteiger partial charge in [0.2, 0.25) is 0 Å². The van der Waals surface area contributed by atoms with Crippen molar-refractivity contribution in [3.8, 4) is 0 Å². The molecule has 2 aromatic heterocycles. The molecule has 122 valence electrons. The fourth-order valence-corrected chi connectivity index (χ4v) is 2.30.